The lowest BCUT2D eigenvalue weighted by molar-refractivity contribution is -0.141. The summed E-state index contributed by atoms with van der Waals surface area (Å²) in [6, 6.07) is 12.0. The molecule has 32 heavy (non-hydrogen) atoms. The second-order valence-electron chi connectivity index (χ2n) is 7.83. The number of anilines is 1. The molecule has 5 nitrogen and oxygen atoms in total. The van der Waals surface area contributed by atoms with Gasteiger partial charge < -0.3 is 14.8 Å². The average molecular weight is 453 g/mol. The minimum Gasteiger partial charge on any atom is -0.481 e. The van der Waals surface area contributed by atoms with Crippen LogP contribution in [0, 0.1) is 5.92 Å². The molecule has 0 amide bonds. The Morgan fingerprint density at radius 1 is 1.16 bits per heavy atom. The number of halogens is 1. The van der Waals surface area contributed by atoms with Crippen molar-refractivity contribution in [1.29, 1.82) is 0 Å². The fourth-order valence-corrected chi connectivity index (χ4v) is 4.71. The zero-order valence-electron chi connectivity index (χ0n) is 18.6. The van der Waals surface area contributed by atoms with E-state index < -0.39 is 17.3 Å². The van der Waals surface area contributed by atoms with Crippen LogP contribution in [0.1, 0.15) is 32.8 Å². The van der Waals surface area contributed by atoms with Crippen LogP contribution >= 0.6 is 12.4 Å². The number of benzene rings is 2. The molecule has 6 heteroatoms. The molecule has 0 fully saturated rings. The normalized spacial score (nSPS) is 20.5. The van der Waals surface area contributed by atoms with E-state index >= 15 is 0 Å². The van der Waals surface area contributed by atoms with E-state index in [9.17, 15) is 9.90 Å². The van der Waals surface area contributed by atoms with Crippen LogP contribution in [0.25, 0.3) is 22.3 Å². The topological polar surface area (TPSA) is 74.8 Å². The van der Waals surface area contributed by atoms with Gasteiger partial charge in [-0.05, 0) is 50.1 Å². The third-order valence-electron chi connectivity index (χ3n) is 6.11. The fraction of sp³-hybridized carbons (Fsp3) is 0.308. The fourth-order valence-electron chi connectivity index (χ4n) is 4.71. The standard InChI is InChI=1S/C26H28N2O3.ClH/c1-4-26(14-8-7-9-21(26)25(29)30)24-19-12-10-17(27-5-2)15-22(19)31-23-16-18(28-6-3)11-13-20(23)24;/h7-16,21,27H,4-6H2,1-3H3,(H,29,30);1H/b28-18-;. The summed E-state index contributed by atoms with van der Waals surface area (Å²) in [4.78, 5) is 16.8. The van der Waals surface area contributed by atoms with Gasteiger partial charge in [0.15, 0.2) is 0 Å². The molecule has 1 aliphatic heterocycles. The molecule has 0 saturated carbocycles. The molecule has 2 N–H and O–H groups in total. The highest BCUT2D eigenvalue weighted by molar-refractivity contribution is 5.93. The lowest BCUT2D eigenvalue weighted by atomic mass is 9.64. The van der Waals surface area contributed by atoms with Gasteiger partial charge in [-0.25, -0.2) is 0 Å². The number of carboxylic acid groups (broad SMARTS) is 1. The number of aliphatic carboxylic acids is 1. The Balaban J connectivity index is 0.00000289. The monoisotopic (exact) mass is 452 g/mol. The van der Waals surface area contributed by atoms with Crippen molar-refractivity contribution >= 4 is 35.0 Å². The van der Waals surface area contributed by atoms with Crippen molar-refractivity contribution in [1.82, 2.24) is 0 Å². The quantitative estimate of drug-likeness (QED) is 0.464. The van der Waals surface area contributed by atoms with Crippen LogP contribution in [0.5, 0.6) is 0 Å². The molecule has 1 heterocycles. The third-order valence-corrected chi connectivity index (χ3v) is 6.11. The Kier molecular flexibility index (Phi) is 7.09. The van der Waals surface area contributed by atoms with Crippen molar-refractivity contribution in [2.75, 3.05) is 18.4 Å². The van der Waals surface area contributed by atoms with Gasteiger partial charge in [0, 0.05) is 47.3 Å². The third kappa shape index (κ3) is 3.93. The SMILES string of the molecule is CC/N=c1/ccc2c(C3(CC)C=CC=CC3C(=O)O)c3ccc(NCC)cc3oc-2c1.Cl. The van der Waals surface area contributed by atoms with E-state index in [-0.39, 0.29) is 12.4 Å². The van der Waals surface area contributed by atoms with E-state index in [1.165, 1.54) is 0 Å². The molecule has 1 aromatic carbocycles. The maximum atomic E-state index is 12.3. The van der Waals surface area contributed by atoms with Crippen LogP contribution < -0.4 is 10.7 Å². The molecule has 2 atom stereocenters. The number of rotatable bonds is 6. The maximum Gasteiger partial charge on any atom is 0.311 e. The van der Waals surface area contributed by atoms with Gasteiger partial charge in [-0.3, -0.25) is 9.79 Å². The minimum atomic E-state index is -0.827. The van der Waals surface area contributed by atoms with Crippen LogP contribution in [0.4, 0.5) is 5.69 Å². The predicted molar refractivity (Wildman–Crippen MR) is 132 cm³/mol. The first-order valence-corrected chi connectivity index (χ1v) is 10.9. The lowest BCUT2D eigenvalue weighted by Crippen LogP contribution is -2.38. The highest BCUT2D eigenvalue weighted by Gasteiger charge is 2.44. The lowest BCUT2D eigenvalue weighted by Gasteiger charge is -2.38. The summed E-state index contributed by atoms with van der Waals surface area (Å²) in [6.45, 7) is 7.59. The average Bonchev–Trinajstić information content (AvgIpc) is 2.77. The molecule has 0 bridgehead atoms. The van der Waals surface area contributed by atoms with Gasteiger partial charge in [-0.2, -0.15) is 0 Å². The van der Waals surface area contributed by atoms with E-state index in [1.807, 2.05) is 68.5 Å². The van der Waals surface area contributed by atoms with Crippen molar-refractivity contribution < 1.29 is 14.3 Å². The minimum absolute atomic E-state index is 0. The largest absolute Gasteiger partial charge is 0.481 e. The van der Waals surface area contributed by atoms with Crippen molar-refractivity contribution in [3.05, 3.63) is 71.6 Å². The summed E-state index contributed by atoms with van der Waals surface area (Å²) in [5.74, 6) is -0.776. The van der Waals surface area contributed by atoms with Crippen LogP contribution in [0.3, 0.4) is 0 Å². The van der Waals surface area contributed by atoms with Gasteiger partial charge in [-0.1, -0.05) is 31.2 Å². The number of hydrogen-bond donors (Lipinski definition) is 2. The number of fused-ring (bicyclic) bond motifs is 2. The summed E-state index contributed by atoms with van der Waals surface area (Å²) in [7, 11) is 0. The molecule has 1 aromatic rings. The van der Waals surface area contributed by atoms with E-state index in [0.29, 0.717) is 18.7 Å². The van der Waals surface area contributed by atoms with Gasteiger partial charge in [0.25, 0.3) is 0 Å². The van der Waals surface area contributed by atoms with E-state index in [4.69, 9.17) is 4.42 Å². The Labute approximate surface area is 194 Å². The molecule has 4 rings (SSSR count). The van der Waals surface area contributed by atoms with Gasteiger partial charge in [0.2, 0.25) is 0 Å². The first-order chi connectivity index (χ1) is 15.0. The number of nitrogens with zero attached hydrogens (tertiary/aromatic N) is 1. The van der Waals surface area contributed by atoms with Crippen LogP contribution in [0.15, 0.2) is 70.1 Å². The Hall–Kier alpha value is -3.05. The van der Waals surface area contributed by atoms with Gasteiger partial charge in [0.1, 0.15) is 11.3 Å². The van der Waals surface area contributed by atoms with Crippen LogP contribution in [0.2, 0.25) is 0 Å². The van der Waals surface area contributed by atoms with E-state index in [0.717, 1.165) is 39.7 Å². The molecule has 0 radical (unpaired) electrons. The number of hydrogen-bond acceptors (Lipinski definition) is 4. The van der Waals surface area contributed by atoms with Gasteiger partial charge in [-0.15, -0.1) is 12.4 Å². The maximum absolute atomic E-state index is 12.3. The molecule has 2 aliphatic carbocycles. The van der Waals surface area contributed by atoms with Gasteiger partial charge in [0.05, 0.1) is 11.3 Å². The van der Waals surface area contributed by atoms with Crippen molar-refractivity contribution in [3.8, 4) is 11.3 Å². The summed E-state index contributed by atoms with van der Waals surface area (Å²) in [6.07, 6.45) is 8.27. The number of carboxylic acids is 1. The first kappa shape index (κ1) is 23.6. The number of allylic oxidation sites excluding steroid dienone is 3. The number of nitrogens with one attached hydrogen (secondary N) is 1. The first-order valence-electron chi connectivity index (χ1n) is 10.9. The molecule has 3 aliphatic rings. The molecular formula is C26H29ClN2O3. The Morgan fingerprint density at radius 3 is 2.66 bits per heavy atom. The van der Waals surface area contributed by atoms with Crippen molar-refractivity contribution in [2.24, 2.45) is 10.9 Å². The molecular weight excluding hydrogens is 424 g/mol. The molecule has 2 unspecified atom stereocenters. The Morgan fingerprint density at radius 2 is 1.97 bits per heavy atom. The smallest absolute Gasteiger partial charge is 0.311 e. The van der Waals surface area contributed by atoms with Crippen LogP contribution in [-0.2, 0) is 10.2 Å². The highest BCUT2D eigenvalue weighted by Crippen LogP contribution is 2.48. The highest BCUT2D eigenvalue weighted by atomic mass is 35.5. The zero-order valence-corrected chi connectivity index (χ0v) is 19.4. The zero-order chi connectivity index (χ0) is 22.0. The summed E-state index contributed by atoms with van der Waals surface area (Å²) in [5, 5.41) is 15.2. The second-order valence-corrected chi connectivity index (χ2v) is 7.83. The van der Waals surface area contributed by atoms with Crippen molar-refractivity contribution in [2.45, 2.75) is 32.6 Å². The second kappa shape index (κ2) is 9.61. The van der Waals surface area contributed by atoms with Crippen molar-refractivity contribution in [3.63, 3.8) is 0 Å². The van der Waals surface area contributed by atoms with E-state index in [1.54, 1.807) is 6.08 Å². The summed E-state index contributed by atoms with van der Waals surface area (Å²) < 4.78 is 6.35. The molecule has 168 valence electrons. The van der Waals surface area contributed by atoms with Crippen LogP contribution in [-0.4, -0.2) is 24.2 Å². The predicted octanol–water partition coefficient (Wildman–Crippen LogP) is 5.79. The summed E-state index contributed by atoms with van der Waals surface area (Å²) >= 11 is 0. The van der Waals surface area contributed by atoms with E-state index in [2.05, 4.69) is 17.2 Å². The Bertz CT molecular complexity index is 1230. The summed E-state index contributed by atoms with van der Waals surface area (Å²) in [5.41, 5.74) is 2.93. The molecule has 0 spiro atoms. The van der Waals surface area contributed by atoms with Gasteiger partial charge >= 0.3 is 5.97 Å². The molecule has 0 saturated heterocycles. The molecule has 0 aromatic heterocycles. The number of carbonyl (C=O) groups is 1.